The van der Waals surface area contributed by atoms with Gasteiger partial charge in [0.05, 0.1) is 12.6 Å². The zero-order valence-corrected chi connectivity index (χ0v) is 15.1. The first-order valence-corrected chi connectivity index (χ1v) is 9.17. The summed E-state index contributed by atoms with van der Waals surface area (Å²) in [6.45, 7) is 2.65. The summed E-state index contributed by atoms with van der Waals surface area (Å²) in [6, 6.07) is 10.2. The number of hydrogen-bond acceptors (Lipinski definition) is 4. The van der Waals surface area contributed by atoms with Crippen LogP contribution in [0.4, 0.5) is 0 Å². The molecule has 4 rings (SSSR count). The van der Waals surface area contributed by atoms with Crippen LogP contribution in [0.1, 0.15) is 28.5 Å². The van der Waals surface area contributed by atoms with E-state index in [1.165, 1.54) is 22.2 Å². The molecule has 1 aliphatic heterocycles. The molecule has 0 radical (unpaired) electrons. The number of aliphatic hydroxyl groups is 2. The smallest absolute Gasteiger partial charge is 0.0970 e. The van der Waals surface area contributed by atoms with E-state index < -0.39 is 6.10 Å². The zero-order chi connectivity index (χ0) is 18.1. The number of aliphatic hydroxyl groups excluding tert-OH is 2. The Kier molecular flexibility index (Phi) is 4.76. The molecule has 5 heteroatoms. The molecule has 3 aromatic rings. The molecule has 0 unspecified atom stereocenters. The van der Waals surface area contributed by atoms with E-state index in [1.54, 1.807) is 12.4 Å². The van der Waals surface area contributed by atoms with Crippen molar-refractivity contribution in [1.29, 1.82) is 0 Å². The third-order valence-electron chi connectivity index (χ3n) is 5.36. The number of benzene rings is 1. The molecule has 1 aromatic carbocycles. The van der Waals surface area contributed by atoms with E-state index in [0.29, 0.717) is 13.0 Å². The molecule has 2 aromatic heterocycles. The van der Waals surface area contributed by atoms with E-state index >= 15 is 0 Å². The van der Waals surface area contributed by atoms with Crippen molar-refractivity contribution in [3.8, 4) is 0 Å². The lowest BCUT2D eigenvalue weighted by atomic mass is 10.0. The summed E-state index contributed by atoms with van der Waals surface area (Å²) in [4.78, 5) is 6.37. The molecule has 5 nitrogen and oxygen atoms in total. The van der Waals surface area contributed by atoms with Crippen molar-refractivity contribution < 1.29 is 10.2 Å². The van der Waals surface area contributed by atoms with Crippen molar-refractivity contribution in [1.82, 2.24) is 14.5 Å². The van der Waals surface area contributed by atoms with E-state index in [4.69, 9.17) is 0 Å². The third kappa shape index (κ3) is 3.14. The van der Waals surface area contributed by atoms with Gasteiger partial charge in [-0.25, -0.2) is 0 Å². The predicted molar refractivity (Wildman–Crippen MR) is 102 cm³/mol. The molecular weight excluding hydrogens is 326 g/mol. The Morgan fingerprint density at radius 3 is 2.77 bits per heavy atom. The lowest BCUT2D eigenvalue weighted by molar-refractivity contribution is 0.156. The molecule has 0 aliphatic carbocycles. The summed E-state index contributed by atoms with van der Waals surface area (Å²) < 4.78 is 2.28. The highest BCUT2D eigenvalue weighted by molar-refractivity contribution is 5.86. The number of nitrogens with zero attached hydrogens (tertiary/aromatic N) is 3. The van der Waals surface area contributed by atoms with Crippen molar-refractivity contribution in [2.45, 2.75) is 32.0 Å². The summed E-state index contributed by atoms with van der Waals surface area (Å²) >= 11 is 0. The quantitative estimate of drug-likeness (QED) is 0.740. The number of pyridine rings is 1. The van der Waals surface area contributed by atoms with Gasteiger partial charge in [0.25, 0.3) is 0 Å². The Labute approximate surface area is 153 Å². The second kappa shape index (κ2) is 7.19. The first-order valence-electron chi connectivity index (χ1n) is 9.17. The number of aromatic nitrogens is 2. The largest absolute Gasteiger partial charge is 0.396 e. The van der Waals surface area contributed by atoms with Crippen molar-refractivity contribution >= 4 is 10.9 Å². The van der Waals surface area contributed by atoms with E-state index in [2.05, 4.69) is 39.7 Å². The summed E-state index contributed by atoms with van der Waals surface area (Å²) in [5.41, 5.74) is 5.89. The van der Waals surface area contributed by atoms with Gasteiger partial charge in [0.1, 0.15) is 0 Å². The molecule has 26 heavy (non-hydrogen) atoms. The molecule has 0 saturated carbocycles. The van der Waals surface area contributed by atoms with Crippen LogP contribution in [0.25, 0.3) is 10.9 Å². The van der Waals surface area contributed by atoms with Crippen LogP contribution in [0, 0.1) is 0 Å². The normalized spacial score (nSPS) is 16.0. The standard InChI is InChI=1S/C21H25N3O2/c1-23-10-6-20-18(13-23)17-12-15(7-11-25)2-3-19(17)24(20)14-21(26)16-4-8-22-9-5-16/h2-5,8-9,12,21,25-26H,6-7,10-11,13-14H2,1H3/t21-/m0/s1. The summed E-state index contributed by atoms with van der Waals surface area (Å²) in [5, 5.41) is 21.3. The monoisotopic (exact) mass is 351 g/mol. The average Bonchev–Trinajstić information content (AvgIpc) is 2.95. The maximum absolute atomic E-state index is 10.8. The first kappa shape index (κ1) is 17.2. The van der Waals surface area contributed by atoms with Gasteiger partial charge >= 0.3 is 0 Å². The van der Waals surface area contributed by atoms with Crippen LogP contribution in [0.2, 0.25) is 0 Å². The highest BCUT2D eigenvalue weighted by Crippen LogP contribution is 2.33. The van der Waals surface area contributed by atoms with Gasteiger partial charge < -0.3 is 19.7 Å². The molecule has 0 amide bonds. The number of rotatable bonds is 5. The van der Waals surface area contributed by atoms with Gasteiger partial charge in [-0.3, -0.25) is 4.98 Å². The van der Waals surface area contributed by atoms with E-state index in [9.17, 15) is 10.2 Å². The van der Waals surface area contributed by atoms with Crippen LogP contribution < -0.4 is 0 Å². The Bertz CT molecular complexity index is 905. The molecule has 2 N–H and O–H groups in total. The van der Waals surface area contributed by atoms with Gasteiger partial charge in [-0.1, -0.05) is 6.07 Å². The minimum atomic E-state index is -0.561. The Hall–Kier alpha value is -2.21. The lowest BCUT2D eigenvalue weighted by Gasteiger charge is -2.25. The molecule has 136 valence electrons. The summed E-state index contributed by atoms with van der Waals surface area (Å²) in [5.74, 6) is 0. The molecule has 1 aliphatic rings. The van der Waals surface area contributed by atoms with Crippen molar-refractivity contribution in [3.63, 3.8) is 0 Å². The zero-order valence-electron chi connectivity index (χ0n) is 15.1. The van der Waals surface area contributed by atoms with Gasteiger partial charge in [0.2, 0.25) is 0 Å². The van der Waals surface area contributed by atoms with Crippen LogP contribution in [0.3, 0.4) is 0 Å². The van der Waals surface area contributed by atoms with Crippen LogP contribution >= 0.6 is 0 Å². The van der Waals surface area contributed by atoms with E-state index in [0.717, 1.165) is 30.6 Å². The van der Waals surface area contributed by atoms with Crippen LogP contribution in [-0.4, -0.2) is 44.9 Å². The highest BCUT2D eigenvalue weighted by Gasteiger charge is 2.24. The number of fused-ring (bicyclic) bond motifs is 3. The van der Waals surface area contributed by atoms with E-state index in [1.807, 2.05) is 12.1 Å². The molecule has 0 spiro atoms. The second-order valence-corrected chi connectivity index (χ2v) is 7.15. The van der Waals surface area contributed by atoms with Crippen molar-refractivity contribution in [3.05, 3.63) is 65.1 Å². The molecule has 0 saturated heterocycles. The van der Waals surface area contributed by atoms with Gasteiger partial charge in [-0.05, 0) is 54.4 Å². The van der Waals surface area contributed by atoms with Gasteiger partial charge in [0, 0.05) is 55.1 Å². The summed E-state index contributed by atoms with van der Waals surface area (Å²) in [6.07, 6.45) is 4.54. The maximum atomic E-state index is 10.8. The van der Waals surface area contributed by atoms with Crippen LogP contribution in [-0.2, 0) is 25.9 Å². The Morgan fingerprint density at radius 2 is 2.00 bits per heavy atom. The maximum Gasteiger partial charge on any atom is 0.0970 e. The van der Waals surface area contributed by atoms with Gasteiger partial charge in [-0.15, -0.1) is 0 Å². The Morgan fingerprint density at radius 1 is 1.19 bits per heavy atom. The van der Waals surface area contributed by atoms with Crippen molar-refractivity contribution in [2.75, 3.05) is 20.2 Å². The molecular formula is C21H25N3O2. The topological polar surface area (TPSA) is 61.5 Å². The molecule has 1 atom stereocenters. The third-order valence-corrected chi connectivity index (χ3v) is 5.36. The predicted octanol–water partition coefficient (Wildman–Crippen LogP) is 2.29. The molecule has 3 heterocycles. The first-order chi connectivity index (χ1) is 12.7. The fourth-order valence-electron chi connectivity index (χ4n) is 3.99. The Balaban J connectivity index is 1.78. The minimum absolute atomic E-state index is 0.162. The van der Waals surface area contributed by atoms with Crippen LogP contribution in [0.15, 0.2) is 42.7 Å². The van der Waals surface area contributed by atoms with Crippen LogP contribution in [0.5, 0.6) is 0 Å². The van der Waals surface area contributed by atoms with Gasteiger partial charge in [-0.2, -0.15) is 0 Å². The number of likely N-dealkylation sites (N-methyl/N-ethyl adjacent to an activating group) is 1. The minimum Gasteiger partial charge on any atom is -0.396 e. The number of hydrogen-bond donors (Lipinski definition) is 2. The molecule has 0 bridgehead atoms. The van der Waals surface area contributed by atoms with Crippen molar-refractivity contribution in [2.24, 2.45) is 0 Å². The SMILES string of the molecule is CN1CCc2c(c3cc(CCO)ccc3n2C[C@H](O)c2ccncc2)C1. The summed E-state index contributed by atoms with van der Waals surface area (Å²) in [7, 11) is 2.15. The molecule has 0 fully saturated rings. The lowest BCUT2D eigenvalue weighted by Crippen LogP contribution is -2.27. The van der Waals surface area contributed by atoms with E-state index in [-0.39, 0.29) is 6.61 Å². The second-order valence-electron chi connectivity index (χ2n) is 7.15. The fraction of sp³-hybridized carbons (Fsp3) is 0.381. The fourth-order valence-corrected chi connectivity index (χ4v) is 3.99. The highest BCUT2D eigenvalue weighted by atomic mass is 16.3. The van der Waals surface area contributed by atoms with Gasteiger partial charge in [0.15, 0.2) is 0 Å². The average molecular weight is 351 g/mol.